The molecule has 0 amide bonds. The third-order valence-corrected chi connectivity index (χ3v) is 5.11. The van der Waals surface area contributed by atoms with E-state index in [1.807, 2.05) is 54.9 Å². The van der Waals surface area contributed by atoms with Crippen LogP contribution in [-0.2, 0) is 13.0 Å². The lowest BCUT2D eigenvalue weighted by Crippen LogP contribution is -2.05. The molecule has 0 atom stereocenters. The Morgan fingerprint density at radius 3 is 2.70 bits per heavy atom. The molecule has 0 unspecified atom stereocenters. The molecule has 1 aliphatic rings. The van der Waals surface area contributed by atoms with Gasteiger partial charge in [0.05, 0.1) is 17.0 Å². The maximum Gasteiger partial charge on any atom is 0.174 e. The van der Waals surface area contributed by atoms with E-state index >= 15 is 0 Å². The normalized spacial score (nSPS) is 14.5. The first-order chi connectivity index (χ1) is 13.2. The number of benzene rings is 1. The SMILES string of the molecule is Cc1nn(-c2ccccc2)c(C)c1/C=C(\C#N)c1nnc2n1CCCCC2. The molecule has 6 heteroatoms. The first-order valence-electron chi connectivity index (χ1n) is 9.35. The van der Waals surface area contributed by atoms with Crippen LogP contribution in [0, 0.1) is 25.2 Å². The van der Waals surface area contributed by atoms with Crippen molar-refractivity contribution in [3.05, 3.63) is 58.9 Å². The fourth-order valence-electron chi connectivity index (χ4n) is 3.66. The minimum Gasteiger partial charge on any atom is -0.310 e. The van der Waals surface area contributed by atoms with Gasteiger partial charge in [-0.2, -0.15) is 10.4 Å². The van der Waals surface area contributed by atoms with Crippen molar-refractivity contribution < 1.29 is 0 Å². The minimum atomic E-state index is 0.537. The molecule has 2 aromatic heterocycles. The Labute approximate surface area is 158 Å². The summed E-state index contributed by atoms with van der Waals surface area (Å²) >= 11 is 0. The fourth-order valence-corrected chi connectivity index (χ4v) is 3.66. The Morgan fingerprint density at radius 1 is 1.11 bits per heavy atom. The van der Waals surface area contributed by atoms with Crippen molar-refractivity contribution in [2.45, 2.75) is 46.1 Å². The number of rotatable bonds is 3. The molecule has 1 aliphatic heterocycles. The van der Waals surface area contributed by atoms with Crippen LogP contribution in [0.3, 0.4) is 0 Å². The highest BCUT2D eigenvalue weighted by atomic mass is 15.3. The summed E-state index contributed by atoms with van der Waals surface area (Å²) in [4.78, 5) is 0. The molecule has 0 bridgehead atoms. The second-order valence-corrected chi connectivity index (χ2v) is 6.90. The first kappa shape index (κ1) is 17.2. The zero-order valence-electron chi connectivity index (χ0n) is 15.7. The maximum absolute atomic E-state index is 9.81. The van der Waals surface area contributed by atoms with E-state index in [1.54, 1.807) is 0 Å². The van der Waals surface area contributed by atoms with Crippen molar-refractivity contribution in [1.29, 1.82) is 5.26 Å². The predicted molar refractivity (Wildman–Crippen MR) is 104 cm³/mol. The van der Waals surface area contributed by atoms with E-state index in [4.69, 9.17) is 0 Å². The highest BCUT2D eigenvalue weighted by Gasteiger charge is 2.19. The molecule has 0 spiro atoms. The topological polar surface area (TPSA) is 72.3 Å². The van der Waals surface area contributed by atoms with Crippen molar-refractivity contribution in [1.82, 2.24) is 24.5 Å². The van der Waals surface area contributed by atoms with Gasteiger partial charge >= 0.3 is 0 Å². The first-order valence-corrected chi connectivity index (χ1v) is 9.35. The molecule has 3 aromatic rings. The van der Waals surface area contributed by atoms with Gasteiger partial charge in [0.2, 0.25) is 0 Å². The lowest BCUT2D eigenvalue weighted by atomic mass is 10.1. The highest BCUT2D eigenvalue weighted by Crippen LogP contribution is 2.25. The smallest absolute Gasteiger partial charge is 0.174 e. The number of aromatic nitrogens is 5. The van der Waals surface area contributed by atoms with Crippen molar-refractivity contribution >= 4 is 11.6 Å². The van der Waals surface area contributed by atoms with E-state index in [0.717, 1.165) is 54.3 Å². The number of para-hydroxylation sites is 1. The summed E-state index contributed by atoms with van der Waals surface area (Å²) in [6.45, 7) is 4.87. The minimum absolute atomic E-state index is 0.537. The Hall–Kier alpha value is -3.20. The number of hydrogen-bond donors (Lipinski definition) is 0. The second kappa shape index (κ2) is 7.20. The van der Waals surface area contributed by atoms with Gasteiger partial charge < -0.3 is 4.57 Å². The van der Waals surface area contributed by atoms with E-state index in [9.17, 15) is 5.26 Å². The fraction of sp³-hybridized carbons (Fsp3) is 0.333. The molecule has 136 valence electrons. The van der Waals surface area contributed by atoms with Crippen molar-refractivity contribution in [2.24, 2.45) is 0 Å². The van der Waals surface area contributed by atoms with Crippen molar-refractivity contribution in [3.8, 4) is 11.8 Å². The molecule has 4 rings (SSSR count). The van der Waals surface area contributed by atoms with Gasteiger partial charge in [-0.1, -0.05) is 24.6 Å². The average Bonchev–Trinajstić information content (AvgIpc) is 3.11. The molecule has 27 heavy (non-hydrogen) atoms. The van der Waals surface area contributed by atoms with Crippen LogP contribution in [0.15, 0.2) is 30.3 Å². The summed E-state index contributed by atoms with van der Waals surface area (Å²) in [5.41, 5.74) is 4.39. The lowest BCUT2D eigenvalue weighted by molar-refractivity contribution is 0.627. The van der Waals surface area contributed by atoms with Crippen molar-refractivity contribution in [3.63, 3.8) is 0 Å². The number of allylic oxidation sites excluding steroid dienone is 1. The number of nitriles is 1. The predicted octanol–water partition coefficient (Wildman–Crippen LogP) is 3.87. The molecule has 1 aromatic carbocycles. The quantitative estimate of drug-likeness (QED) is 0.666. The summed E-state index contributed by atoms with van der Waals surface area (Å²) in [5.74, 6) is 1.65. The van der Waals surface area contributed by atoms with E-state index in [0.29, 0.717) is 11.4 Å². The zero-order chi connectivity index (χ0) is 18.8. The highest BCUT2D eigenvalue weighted by molar-refractivity contribution is 5.88. The second-order valence-electron chi connectivity index (χ2n) is 6.90. The number of nitrogens with zero attached hydrogens (tertiary/aromatic N) is 6. The maximum atomic E-state index is 9.81. The summed E-state index contributed by atoms with van der Waals surface area (Å²) < 4.78 is 4.02. The van der Waals surface area contributed by atoms with Crippen LogP contribution < -0.4 is 0 Å². The molecular weight excluding hydrogens is 336 g/mol. The summed E-state index contributed by atoms with van der Waals surface area (Å²) in [5, 5.41) is 23.1. The number of fused-ring (bicyclic) bond motifs is 1. The number of aryl methyl sites for hydroxylation is 2. The Bertz CT molecular complexity index is 1030. The molecule has 0 saturated carbocycles. The van der Waals surface area contributed by atoms with Crippen LogP contribution in [0.1, 0.15) is 47.9 Å². The largest absolute Gasteiger partial charge is 0.310 e. The molecule has 0 N–H and O–H groups in total. The lowest BCUT2D eigenvalue weighted by Gasteiger charge is -2.06. The Kier molecular flexibility index (Phi) is 4.59. The van der Waals surface area contributed by atoms with E-state index in [1.165, 1.54) is 6.42 Å². The summed E-state index contributed by atoms with van der Waals surface area (Å²) in [6.07, 6.45) is 6.25. The summed E-state index contributed by atoms with van der Waals surface area (Å²) in [6, 6.07) is 12.4. The van der Waals surface area contributed by atoms with Gasteiger partial charge in [0, 0.05) is 24.2 Å². The van der Waals surface area contributed by atoms with Crippen LogP contribution >= 0.6 is 0 Å². The van der Waals surface area contributed by atoms with Crippen LogP contribution in [-0.4, -0.2) is 24.5 Å². The van der Waals surface area contributed by atoms with Crippen molar-refractivity contribution in [2.75, 3.05) is 0 Å². The van der Waals surface area contributed by atoms with Gasteiger partial charge in [0.25, 0.3) is 0 Å². The van der Waals surface area contributed by atoms with E-state index in [2.05, 4.69) is 25.9 Å². The molecule has 0 aliphatic carbocycles. The molecule has 3 heterocycles. The molecular formula is C21H22N6. The van der Waals surface area contributed by atoms with Crippen LogP contribution in [0.4, 0.5) is 0 Å². The number of hydrogen-bond acceptors (Lipinski definition) is 4. The van der Waals surface area contributed by atoms with E-state index < -0.39 is 0 Å². The zero-order valence-corrected chi connectivity index (χ0v) is 15.7. The molecule has 0 saturated heterocycles. The molecule has 0 radical (unpaired) electrons. The molecule has 6 nitrogen and oxygen atoms in total. The Morgan fingerprint density at radius 2 is 1.93 bits per heavy atom. The van der Waals surface area contributed by atoms with Gasteiger partial charge in [-0.25, -0.2) is 4.68 Å². The monoisotopic (exact) mass is 358 g/mol. The Balaban J connectivity index is 1.78. The van der Waals surface area contributed by atoms with Gasteiger partial charge in [0.1, 0.15) is 11.9 Å². The van der Waals surface area contributed by atoms with Gasteiger partial charge in [-0.05, 0) is 44.9 Å². The van der Waals surface area contributed by atoms with Gasteiger partial charge in [-0.15, -0.1) is 10.2 Å². The van der Waals surface area contributed by atoms with Gasteiger partial charge in [0.15, 0.2) is 5.82 Å². The molecule has 0 fully saturated rings. The third-order valence-electron chi connectivity index (χ3n) is 5.11. The standard InChI is InChI=1S/C21H22N6/c1-15-19(16(2)27(25-15)18-9-5-3-6-10-18)13-17(14-22)21-24-23-20-11-7-4-8-12-26(20)21/h3,5-6,9-10,13H,4,7-8,11-12H2,1-2H3/b17-13+. The third kappa shape index (κ3) is 3.17. The van der Waals surface area contributed by atoms with Gasteiger partial charge in [-0.3, -0.25) is 0 Å². The summed E-state index contributed by atoms with van der Waals surface area (Å²) in [7, 11) is 0. The van der Waals surface area contributed by atoms with Crippen LogP contribution in [0.5, 0.6) is 0 Å². The van der Waals surface area contributed by atoms with Crippen LogP contribution in [0.2, 0.25) is 0 Å². The van der Waals surface area contributed by atoms with E-state index in [-0.39, 0.29) is 0 Å². The van der Waals surface area contributed by atoms with Crippen LogP contribution in [0.25, 0.3) is 17.3 Å². The average molecular weight is 358 g/mol.